The summed E-state index contributed by atoms with van der Waals surface area (Å²) in [6, 6.07) is 5.84. The van der Waals surface area contributed by atoms with Crippen LogP contribution in [0.15, 0.2) is 24.4 Å². The van der Waals surface area contributed by atoms with E-state index in [2.05, 4.69) is 17.3 Å². The Morgan fingerprint density at radius 1 is 1.30 bits per heavy atom. The van der Waals surface area contributed by atoms with Crippen molar-refractivity contribution in [2.45, 2.75) is 20.4 Å². The van der Waals surface area contributed by atoms with E-state index in [4.69, 9.17) is 9.47 Å². The molecular weight excluding hydrogens is 254 g/mol. The minimum Gasteiger partial charge on any atom is -0.493 e. The van der Waals surface area contributed by atoms with Crippen molar-refractivity contribution in [2.75, 3.05) is 19.0 Å². The third-order valence-electron chi connectivity index (χ3n) is 3.28. The average Bonchev–Trinajstić information content (AvgIpc) is 2.77. The zero-order valence-electron chi connectivity index (χ0n) is 12.4. The maximum Gasteiger partial charge on any atom is 0.163 e. The van der Waals surface area contributed by atoms with E-state index in [9.17, 15) is 0 Å². The molecule has 1 aromatic heterocycles. The van der Waals surface area contributed by atoms with E-state index in [1.165, 1.54) is 5.56 Å². The van der Waals surface area contributed by atoms with Gasteiger partial charge in [-0.1, -0.05) is 0 Å². The SMILES string of the molecule is CCOc1cc(NCc2cnn(C)c2C)ccc1OC. The number of benzene rings is 1. The third-order valence-corrected chi connectivity index (χ3v) is 3.28. The summed E-state index contributed by atoms with van der Waals surface area (Å²) in [6.45, 7) is 5.36. The van der Waals surface area contributed by atoms with E-state index < -0.39 is 0 Å². The van der Waals surface area contributed by atoms with Crippen molar-refractivity contribution in [1.29, 1.82) is 0 Å². The van der Waals surface area contributed by atoms with Gasteiger partial charge in [0, 0.05) is 36.6 Å². The van der Waals surface area contributed by atoms with Crippen LogP contribution in [0.5, 0.6) is 11.5 Å². The number of aromatic nitrogens is 2. The van der Waals surface area contributed by atoms with Gasteiger partial charge in [-0.2, -0.15) is 5.10 Å². The second-order valence-electron chi connectivity index (χ2n) is 4.53. The quantitative estimate of drug-likeness (QED) is 0.880. The predicted molar refractivity (Wildman–Crippen MR) is 79.4 cm³/mol. The Bertz CT molecular complexity index is 578. The van der Waals surface area contributed by atoms with Crippen molar-refractivity contribution in [3.63, 3.8) is 0 Å². The van der Waals surface area contributed by atoms with Crippen LogP contribution >= 0.6 is 0 Å². The van der Waals surface area contributed by atoms with Crippen molar-refractivity contribution >= 4 is 5.69 Å². The van der Waals surface area contributed by atoms with Gasteiger partial charge in [0.05, 0.1) is 19.9 Å². The van der Waals surface area contributed by atoms with Gasteiger partial charge in [0.25, 0.3) is 0 Å². The average molecular weight is 275 g/mol. The molecule has 0 saturated carbocycles. The molecule has 0 atom stereocenters. The van der Waals surface area contributed by atoms with E-state index in [0.717, 1.165) is 29.4 Å². The lowest BCUT2D eigenvalue weighted by Crippen LogP contribution is -2.02. The van der Waals surface area contributed by atoms with E-state index in [1.807, 2.05) is 43.0 Å². The molecule has 5 heteroatoms. The lowest BCUT2D eigenvalue weighted by atomic mass is 10.2. The van der Waals surface area contributed by atoms with Crippen LogP contribution in [-0.2, 0) is 13.6 Å². The molecule has 1 heterocycles. The molecule has 108 valence electrons. The number of nitrogens with one attached hydrogen (secondary N) is 1. The summed E-state index contributed by atoms with van der Waals surface area (Å²) in [5.74, 6) is 1.50. The summed E-state index contributed by atoms with van der Waals surface area (Å²) in [7, 11) is 3.59. The van der Waals surface area contributed by atoms with Crippen molar-refractivity contribution in [2.24, 2.45) is 7.05 Å². The van der Waals surface area contributed by atoms with E-state index >= 15 is 0 Å². The fourth-order valence-electron chi connectivity index (χ4n) is 1.97. The molecule has 1 aromatic carbocycles. The monoisotopic (exact) mass is 275 g/mol. The van der Waals surface area contributed by atoms with Gasteiger partial charge in [-0.25, -0.2) is 0 Å². The topological polar surface area (TPSA) is 48.3 Å². The molecule has 2 aromatic rings. The van der Waals surface area contributed by atoms with Gasteiger partial charge in [0.15, 0.2) is 11.5 Å². The Morgan fingerprint density at radius 3 is 2.70 bits per heavy atom. The maximum absolute atomic E-state index is 5.57. The smallest absolute Gasteiger partial charge is 0.163 e. The highest BCUT2D eigenvalue weighted by molar-refractivity contribution is 5.55. The highest BCUT2D eigenvalue weighted by atomic mass is 16.5. The molecule has 0 aliphatic heterocycles. The Morgan fingerprint density at radius 2 is 2.10 bits per heavy atom. The number of aryl methyl sites for hydroxylation is 1. The zero-order chi connectivity index (χ0) is 14.5. The summed E-state index contributed by atoms with van der Waals surface area (Å²) in [4.78, 5) is 0. The molecule has 0 unspecified atom stereocenters. The second-order valence-corrected chi connectivity index (χ2v) is 4.53. The number of rotatable bonds is 6. The van der Waals surface area contributed by atoms with Crippen LogP contribution in [-0.4, -0.2) is 23.5 Å². The molecule has 5 nitrogen and oxygen atoms in total. The van der Waals surface area contributed by atoms with Gasteiger partial charge in [0.1, 0.15) is 0 Å². The fraction of sp³-hybridized carbons (Fsp3) is 0.400. The van der Waals surface area contributed by atoms with Crippen LogP contribution in [0, 0.1) is 6.92 Å². The number of hydrogen-bond donors (Lipinski definition) is 1. The van der Waals surface area contributed by atoms with Crippen LogP contribution in [0.4, 0.5) is 5.69 Å². The van der Waals surface area contributed by atoms with Gasteiger partial charge in [0.2, 0.25) is 0 Å². The third kappa shape index (κ3) is 3.04. The minimum absolute atomic E-state index is 0.613. The number of hydrogen-bond acceptors (Lipinski definition) is 4. The Kier molecular flexibility index (Phi) is 4.50. The second kappa shape index (κ2) is 6.32. The lowest BCUT2D eigenvalue weighted by molar-refractivity contribution is 0.311. The molecular formula is C15H21N3O2. The summed E-state index contributed by atoms with van der Waals surface area (Å²) < 4.78 is 12.7. The first kappa shape index (κ1) is 14.2. The Balaban J connectivity index is 2.09. The first-order valence-corrected chi connectivity index (χ1v) is 6.68. The van der Waals surface area contributed by atoms with E-state index in [1.54, 1.807) is 7.11 Å². The highest BCUT2D eigenvalue weighted by Gasteiger charge is 2.07. The van der Waals surface area contributed by atoms with E-state index in [-0.39, 0.29) is 0 Å². The highest BCUT2D eigenvalue weighted by Crippen LogP contribution is 2.30. The largest absolute Gasteiger partial charge is 0.493 e. The van der Waals surface area contributed by atoms with Gasteiger partial charge in [-0.15, -0.1) is 0 Å². The zero-order valence-corrected chi connectivity index (χ0v) is 12.4. The molecule has 20 heavy (non-hydrogen) atoms. The van der Waals surface area contributed by atoms with Gasteiger partial charge in [-0.05, 0) is 26.0 Å². The molecule has 0 spiro atoms. The summed E-state index contributed by atoms with van der Waals surface area (Å²) in [6.07, 6.45) is 1.88. The molecule has 1 N–H and O–H groups in total. The summed E-state index contributed by atoms with van der Waals surface area (Å²) >= 11 is 0. The normalized spacial score (nSPS) is 10.4. The first-order valence-electron chi connectivity index (χ1n) is 6.68. The minimum atomic E-state index is 0.613. The molecule has 2 rings (SSSR count). The summed E-state index contributed by atoms with van der Waals surface area (Å²) in [5.41, 5.74) is 3.34. The van der Waals surface area contributed by atoms with Gasteiger partial charge in [-0.3, -0.25) is 4.68 Å². The Labute approximate surface area is 119 Å². The Hall–Kier alpha value is -2.17. The van der Waals surface area contributed by atoms with Crippen molar-refractivity contribution in [1.82, 2.24) is 9.78 Å². The van der Waals surface area contributed by atoms with Crippen LogP contribution < -0.4 is 14.8 Å². The van der Waals surface area contributed by atoms with Crippen LogP contribution in [0.25, 0.3) is 0 Å². The predicted octanol–water partition coefficient (Wildman–Crippen LogP) is 2.75. The van der Waals surface area contributed by atoms with Crippen LogP contribution in [0.2, 0.25) is 0 Å². The van der Waals surface area contributed by atoms with Crippen molar-refractivity contribution in [3.05, 3.63) is 35.7 Å². The first-order chi connectivity index (χ1) is 9.65. The molecule has 0 saturated heterocycles. The number of anilines is 1. The molecule has 0 fully saturated rings. The molecule has 0 aliphatic carbocycles. The van der Waals surface area contributed by atoms with E-state index in [0.29, 0.717) is 6.61 Å². The number of methoxy groups -OCH3 is 1. The molecule has 0 radical (unpaired) electrons. The molecule has 0 aliphatic rings. The molecule has 0 amide bonds. The van der Waals surface area contributed by atoms with Crippen molar-refractivity contribution < 1.29 is 9.47 Å². The maximum atomic E-state index is 5.57. The van der Waals surface area contributed by atoms with Crippen molar-refractivity contribution in [3.8, 4) is 11.5 Å². The van der Waals surface area contributed by atoms with Crippen LogP contribution in [0.1, 0.15) is 18.2 Å². The fourth-order valence-corrected chi connectivity index (χ4v) is 1.97. The number of ether oxygens (including phenoxy) is 2. The van der Waals surface area contributed by atoms with Gasteiger partial charge < -0.3 is 14.8 Å². The molecule has 0 bridgehead atoms. The van der Waals surface area contributed by atoms with Gasteiger partial charge >= 0.3 is 0 Å². The lowest BCUT2D eigenvalue weighted by Gasteiger charge is -2.12. The standard InChI is InChI=1S/C15H21N3O2/c1-5-20-15-8-13(6-7-14(15)19-4)16-9-12-10-17-18(3)11(12)2/h6-8,10,16H,5,9H2,1-4H3. The number of nitrogens with zero attached hydrogens (tertiary/aromatic N) is 2. The van der Waals surface area contributed by atoms with Crippen LogP contribution in [0.3, 0.4) is 0 Å². The summed E-state index contributed by atoms with van der Waals surface area (Å²) in [5, 5.41) is 7.61.